The molecule has 5 rings (SSSR count). The molecule has 4 nitrogen and oxygen atoms in total. The Labute approximate surface area is 224 Å². The van der Waals surface area contributed by atoms with Crippen molar-refractivity contribution < 1.29 is 17.7 Å². The predicted molar refractivity (Wildman–Crippen MR) is 146 cm³/mol. The van der Waals surface area contributed by atoms with Crippen molar-refractivity contribution in [2.75, 3.05) is 11.9 Å². The number of hydrogen-bond donors (Lipinski definition) is 0. The average molecular weight is 561 g/mol. The summed E-state index contributed by atoms with van der Waals surface area (Å²) in [5.74, 6) is 0. The molecule has 0 amide bonds. The molecule has 0 saturated carbocycles. The number of thiazole rings is 2. The van der Waals surface area contributed by atoms with Crippen molar-refractivity contribution in [1.29, 1.82) is 0 Å². The molecule has 1 aliphatic rings. The lowest BCUT2D eigenvalue weighted by molar-refractivity contribution is -0.685. The standard InChI is InChI=1S/C27H25F3N3OS3/c1-4-17-10-11-20-21(14-17)36-26(31(20)3)24-25(34)33(5-2)23(37-24)15-22-32(12-13-35-22)16-18-8-6-7-9-19(18)27(28,29)30/h6-15H,4-5,16H2,1-3H3/q+1/b26-24+. The van der Waals surface area contributed by atoms with E-state index in [-0.39, 0.29) is 17.7 Å². The van der Waals surface area contributed by atoms with Crippen LogP contribution in [0.25, 0.3) is 11.1 Å². The van der Waals surface area contributed by atoms with Crippen LogP contribution in [0.1, 0.15) is 35.5 Å². The van der Waals surface area contributed by atoms with Crippen LogP contribution in [0.2, 0.25) is 0 Å². The van der Waals surface area contributed by atoms with E-state index in [4.69, 9.17) is 0 Å². The highest BCUT2D eigenvalue weighted by Gasteiger charge is 2.34. The summed E-state index contributed by atoms with van der Waals surface area (Å²) in [5, 5.41) is 3.53. The van der Waals surface area contributed by atoms with Crippen LogP contribution in [0.5, 0.6) is 0 Å². The van der Waals surface area contributed by atoms with Crippen LogP contribution in [0.3, 0.4) is 0 Å². The lowest BCUT2D eigenvalue weighted by atomic mass is 10.1. The topological polar surface area (TPSA) is 29.1 Å². The molecule has 0 N–H and O–H groups in total. The molecule has 1 aliphatic heterocycles. The first kappa shape index (κ1) is 25.8. The second kappa shape index (κ2) is 10.2. The van der Waals surface area contributed by atoms with Crippen LogP contribution in [0, 0.1) is 0 Å². The Balaban J connectivity index is 1.58. The van der Waals surface area contributed by atoms with Crippen molar-refractivity contribution in [2.45, 2.75) is 44.4 Å². The first-order valence-corrected chi connectivity index (χ1v) is 14.3. The van der Waals surface area contributed by atoms with Crippen molar-refractivity contribution in [3.63, 3.8) is 0 Å². The number of aryl methyl sites for hydroxylation is 1. The molecule has 0 fully saturated rings. The summed E-state index contributed by atoms with van der Waals surface area (Å²) < 4.78 is 45.6. The summed E-state index contributed by atoms with van der Waals surface area (Å²) in [6.45, 7) is 4.63. The van der Waals surface area contributed by atoms with E-state index in [1.54, 1.807) is 33.2 Å². The molecule has 0 bridgehead atoms. The predicted octanol–water partition coefficient (Wildman–Crippen LogP) is 5.04. The molecule has 0 saturated heterocycles. The molecule has 10 heteroatoms. The lowest BCUT2D eigenvalue weighted by Crippen LogP contribution is -2.37. The number of benzene rings is 2. The van der Waals surface area contributed by atoms with Crippen molar-refractivity contribution in [2.24, 2.45) is 0 Å². The number of rotatable bonds is 5. The Morgan fingerprint density at radius 1 is 1.11 bits per heavy atom. The fourth-order valence-corrected chi connectivity index (χ4v) is 7.75. The quantitative estimate of drug-likeness (QED) is 0.320. The monoisotopic (exact) mass is 560 g/mol. The molecule has 4 aromatic rings. The Bertz CT molecular complexity index is 1650. The van der Waals surface area contributed by atoms with E-state index in [0.717, 1.165) is 37.8 Å². The third-order valence-corrected chi connectivity index (χ3v) is 9.67. The number of thioether (sulfide) groups is 1. The minimum absolute atomic E-state index is 0.0536. The molecule has 37 heavy (non-hydrogen) atoms. The van der Waals surface area contributed by atoms with E-state index in [0.29, 0.717) is 11.1 Å². The Kier molecular flexibility index (Phi) is 7.08. The number of fused-ring (bicyclic) bond motifs is 1. The molecular formula is C27H25F3N3OS3+. The second-order valence-electron chi connectivity index (χ2n) is 8.61. The van der Waals surface area contributed by atoms with Crippen LogP contribution in [0.15, 0.2) is 63.7 Å². The van der Waals surface area contributed by atoms with Gasteiger partial charge in [-0.1, -0.05) is 54.3 Å². The minimum atomic E-state index is -4.42. The largest absolute Gasteiger partial charge is 0.416 e. The van der Waals surface area contributed by atoms with Gasteiger partial charge in [-0.2, -0.15) is 17.7 Å². The smallest absolute Gasteiger partial charge is 0.337 e. The van der Waals surface area contributed by atoms with E-state index < -0.39 is 11.7 Å². The third-order valence-electron chi connectivity index (χ3n) is 6.35. The zero-order valence-corrected chi connectivity index (χ0v) is 23.0. The van der Waals surface area contributed by atoms with Gasteiger partial charge in [0.25, 0.3) is 10.6 Å². The Hall–Kier alpha value is -2.82. The minimum Gasteiger partial charge on any atom is -0.337 e. The summed E-state index contributed by atoms with van der Waals surface area (Å²) in [5.41, 5.74) is 1.85. The molecule has 3 heterocycles. The zero-order chi connectivity index (χ0) is 26.3. The van der Waals surface area contributed by atoms with Crippen LogP contribution >= 0.6 is 34.4 Å². The maximum atomic E-state index is 13.5. The first-order chi connectivity index (χ1) is 17.7. The molecule has 0 atom stereocenters. The normalized spacial score (nSPS) is 15.5. The van der Waals surface area contributed by atoms with E-state index in [1.165, 1.54) is 40.4 Å². The Morgan fingerprint density at radius 3 is 2.62 bits per heavy atom. The maximum Gasteiger partial charge on any atom is 0.416 e. The van der Waals surface area contributed by atoms with E-state index in [1.807, 2.05) is 25.4 Å². The van der Waals surface area contributed by atoms with Gasteiger partial charge in [-0.15, -0.1) is 11.3 Å². The highest BCUT2D eigenvalue weighted by Crippen LogP contribution is 2.45. The van der Waals surface area contributed by atoms with Gasteiger partial charge in [-0.3, -0.25) is 9.36 Å². The van der Waals surface area contributed by atoms with Gasteiger partial charge in [0.2, 0.25) is 0 Å². The van der Waals surface area contributed by atoms with Gasteiger partial charge in [0, 0.05) is 24.1 Å². The number of aromatic nitrogens is 2. The molecular weight excluding hydrogens is 536 g/mol. The van der Waals surface area contributed by atoms with E-state index in [9.17, 15) is 18.0 Å². The fourth-order valence-electron chi connectivity index (χ4n) is 4.37. The van der Waals surface area contributed by atoms with Gasteiger partial charge in [-0.25, -0.2) is 0 Å². The van der Waals surface area contributed by atoms with Gasteiger partial charge < -0.3 is 4.90 Å². The van der Waals surface area contributed by atoms with Crippen LogP contribution in [-0.2, 0) is 25.7 Å². The van der Waals surface area contributed by atoms with Crippen molar-refractivity contribution in [1.82, 2.24) is 4.57 Å². The maximum absolute atomic E-state index is 13.5. The van der Waals surface area contributed by atoms with E-state index in [2.05, 4.69) is 30.0 Å². The average Bonchev–Trinajstić information content (AvgIpc) is 3.54. The van der Waals surface area contributed by atoms with E-state index >= 15 is 0 Å². The molecule has 0 spiro atoms. The van der Waals surface area contributed by atoms with Crippen molar-refractivity contribution >= 4 is 51.2 Å². The summed E-state index contributed by atoms with van der Waals surface area (Å²) in [4.78, 5) is 16.7. The molecule has 192 valence electrons. The lowest BCUT2D eigenvalue weighted by Gasteiger charge is -2.12. The van der Waals surface area contributed by atoms with Crippen molar-refractivity contribution in [3.8, 4) is 0 Å². The SMILES string of the molecule is CCc1ccc2c(c1)S/C(=c1/s/c(=C\c3scc[n+]3Cc3ccccc3C(F)(F)F)n(CC)c1=O)N2C. The Morgan fingerprint density at radius 2 is 1.89 bits per heavy atom. The fraction of sp³-hybridized carbons (Fsp3) is 0.259. The summed E-state index contributed by atoms with van der Waals surface area (Å²) in [6.07, 6.45) is 0.217. The summed E-state index contributed by atoms with van der Waals surface area (Å²) >= 11 is 4.46. The number of hydrogen-bond acceptors (Lipinski definition) is 5. The molecule has 0 radical (unpaired) electrons. The molecule has 0 unspecified atom stereocenters. The van der Waals surface area contributed by atoms with Crippen molar-refractivity contribution in [3.05, 3.63) is 95.3 Å². The number of halogens is 3. The van der Waals surface area contributed by atoms with Crippen LogP contribution in [-0.4, -0.2) is 11.6 Å². The van der Waals surface area contributed by atoms with Gasteiger partial charge in [-0.05, 0) is 37.1 Å². The highest BCUT2D eigenvalue weighted by molar-refractivity contribution is 8.08. The van der Waals surface area contributed by atoms with Gasteiger partial charge >= 0.3 is 6.18 Å². The second-order valence-corrected chi connectivity index (χ2v) is 11.6. The zero-order valence-electron chi connectivity index (χ0n) is 20.5. The summed E-state index contributed by atoms with van der Waals surface area (Å²) in [7, 11) is 1.98. The number of nitrogens with zero attached hydrogens (tertiary/aromatic N) is 3. The van der Waals surface area contributed by atoms with Crippen LogP contribution in [0.4, 0.5) is 18.9 Å². The van der Waals surface area contributed by atoms with Gasteiger partial charge in [0.05, 0.1) is 22.7 Å². The third kappa shape index (κ3) is 4.89. The molecule has 0 aliphatic carbocycles. The molecule has 2 aromatic carbocycles. The summed E-state index contributed by atoms with van der Waals surface area (Å²) in [6, 6.07) is 12.0. The molecule has 2 aromatic heterocycles. The number of alkyl halides is 3. The number of anilines is 1. The highest BCUT2D eigenvalue weighted by atomic mass is 32.2. The first-order valence-electron chi connectivity index (χ1n) is 11.8. The van der Waals surface area contributed by atoms with Gasteiger partial charge in [0.1, 0.15) is 14.2 Å². The van der Waals surface area contributed by atoms with Gasteiger partial charge in [0.15, 0.2) is 12.7 Å². The van der Waals surface area contributed by atoms with Crippen LogP contribution < -0.4 is 24.2 Å².